The van der Waals surface area contributed by atoms with Gasteiger partial charge in [-0.05, 0) is 18.2 Å². The van der Waals surface area contributed by atoms with Crippen molar-refractivity contribution in [2.24, 2.45) is 0 Å². The van der Waals surface area contributed by atoms with Crippen LogP contribution in [0.3, 0.4) is 0 Å². The number of aliphatic hydroxyl groups is 2. The van der Waals surface area contributed by atoms with Crippen LogP contribution in [-0.4, -0.2) is 29.2 Å². The van der Waals surface area contributed by atoms with Gasteiger partial charge in [0.25, 0.3) is 0 Å². The lowest BCUT2D eigenvalue weighted by atomic mass is 10.0. The lowest BCUT2D eigenvalue weighted by Crippen LogP contribution is -2.19. The number of ether oxygens (including phenoxy) is 1. The van der Waals surface area contributed by atoms with E-state index < -0.39 is 12.2 Å². The van der Waals surface area contributed by atoms with Gasteiger partial charge in [-0.1, -0.05) is 6.07 Å². The Morgan fingerprint density at radius 1 is 1.44 bits per heavy atom. The van der Waals surface area contributed by atoms with Gasteiger partial charge in [0.2, 0.25) is 0 Å². The minimum absolute atomic E-state index is 0.407. The van der Waals surface area contributed by atoms with Gasteiger partial charge in [0.05, 0.1) is 13.2 Å². The molecule has 5 heteroatoms. The van der Waals surface area contributed by atoms with Gasteiger partial charge < -0.3 is 20.7 Å². The molecule has 0 bridgehead atoms. The van der Waals surface area contributed by atoms with Gasteiger partial charge in [0.1, 0.15) is 11.9 Å². The third-order valence-electron chi connectivity index (χ3n) is 2.40. The normalized spacial score (nSPS) is 14.5. The molecular weight excluding hydrogens is 226 g/mol. The van der Waals surface area contributed by atoms with Gasteiger partial charge in [-0.2, -0.15) is 12.6 Å². The molecule has 0 radical (unpaired) electrons. The summed E-state index contributed by atoms with van der Waals surface area (Å²) in [6, 6.07) is 4.97. The number of benzene rings is 1. The van der Waals surface area contributed by atoms with Gasteiger partial charge in [0, 0.05) is 17.3 Å². The number of methoxy groups -OCH3 is 1. The molecule has 4 N–H and O–H groups in total. The summed E-state index contributed by atoms with van der Waals surface area (Å²) in [4.78, 5) is 0. The number of anilines is 1. The summed E-state index contributed by atoms with van der Waals surface area (Å²) in [6.07, 6.45) is -1.43. The lowest BCUT2D eigenvalue weighted by Gasteiger charge is -2.19. The predicted octanol–water partition coefficient (Wildman–Crippen LogP) is 0.992. The van der Waals surface area contributed by atoms with Crippen LogP contribution in [-0.2, 0) is 0 Å². The molecule has 0 fully saturated rings. The Labute approximate surface area is 100 Å². The summed E-state index contributed by atoms with van der Waals surface area (Å²) in [7, 11) is 1.54. The van der Waals surface area contributed by atoms with Crippen LogP contribution in [0.1, 0.15) is 18.1 Å². The monoisotopic (exact) mass is 243 g/mol. The number of nitrogens with two attached hydrogens (primary N) is 1. The molecule has 0 saturated carbocycles. The van der Waals surface area contributed by atoms with E-state index in [1.165, 1.54) is 0 Å². The minimum atomic E-state index is -0.988. The molecule has 1 aromatic rings. The van der Waals surface area contributed by atoms with Crippen LogP contribution in [0.5, 0.6) is 5.75 Å². The van der Waals surface area contributed by atoms with Crippen LogP contribution in [0.15, 0.2) is 18.2 Å². The van der Waals surface area contributed by atoms with Gasteiger partial charge in [-0.15, -0.1) is 0 Å². The summed E-state index contributed by atoms with van der Waals surface area (Å²) in [6.45, 7) is 0. The molecule has 1 aromatic carbocycles. The van der Waals surface area contributed by atoms with Gasteiger partial charge >= 0.3 is 0 Å². The summed E-state index contributed by atoms with van der Waals surface area (Å²) in [5.74, 6) is 1.13. The quantitative estimate of drug-likeness (QED) is 0.459. The first-order valence-corrected chi connectivity index (χ1v) is 5.63. The fraction of sp³-hybridized carbons (Fsp3) is 0.455. The van der Waals surface area contributed by atoms with Crippen molar-refractivity contribution in [3.63, 3.8) is 0 Å². The molecule has 0 aromatic heterocycles. The van der Waals surface area contributed by atoms with E-state index in [2.05, 4.69) is 12.6 Å². The number of thiol groups is 1. The van der Waals surface area contributed by atoms with Crippen LogP contribution in [0.2, 0.25) is 0 Å². The molecule has 2 unspecified atom stereocenters. The number of aliphatic hydroxyl groups excluding tert-OH is 2. The van der Waals surface area contributed by atoms with Crippen molar-refractivity contribution >= 4 is 18.3 Å². The summed E-state index contributed by atoms with van der Waals surface area (Å²) < 4.78 is 5.00. The van der Waals surface area contributed by atoms with Crippen molar-refractivity contribution < 1.29 is 14.9 Å². The standard InChI is InChI=1S/C11H17NO3S/c1-15-7-2-3-8(9(12)6-7)11(14)10(13)4-5-16/h2-3,6,10-11,13-14,16H,4-5,12H2,1H3. The first-order valence-electron chi connectivity index (χ1n) is 5.00. The smallest absolute Gasteiger partial charge is 0.120 e. The SMILES string of the molecule is COc1ccc(C(O)C(O)CCS)c(N)c1. The highest BCUT2D eigenvalue weighted by Crippen LogP contribution is 2.28. The molecule has 0 heterocycles. The molecule has 4 nitrogen and oxygen atoms in total. The highest BCUT2D eigenvalue weighted by Gasteiger charge is 2.19. The Kier molecular flexibility index (Phi) is 4.92. The van der Waals surface area contributed by atoms with E-state index in [1.54, 1.807) is 25.3 Å². The van der Waals surface area contributed by atoms with Crippen LogP contribution in [0.25, 0.3) is 0 Å². The molecule has 0 aliphatic carbocycles. The van der Waals surface area contributed by atoms with E-state index in [9.17, 15) is 10.2 Å². The zero-order valence-corrected chi connectivity index (χ0v) is 10.0. The molecule has 0 amide bonds. The van der Waals surface area contributed by atoms with Gasteiger partial charge in [-0.3, -0.25) is 0 Å². The largest absolute Gasteiger partial charge is 0.497 e. The molecule has 16 heavy (non-hydrogen) atoms. The second-order valence-corrected chi connectivity index (χ2v) is 3.97. The third kappa shape index (κ3) is 3.04. The second kappa shape index (κ2) is 5.98. The van der Waals surface area contributed by atoms with E-state index in [0.29, 0.717) is 29.2 Å². The number of hydrogen-bond donors (Lipinski definition) is 4. The fourth-order valence-corrected chi connectivity index (χ4v) is 1.71. The average molecular weight is 243 g/mol. The number of hydrogen-bond acceptors (Lipinski definition) is 5. The Morgan fingerprint density at radius 3 is 2.62 bits per heavy atom. The molecule has 2 atom stereocenters. The van der Waals surface area contributed by atoms with Crippen LogP contribution >= 0.6 is 12.6 Å². The maximum absolute atomic E-state index is 9.86. The zero-order chi connectivity index (χ0) is 12.1. The zero-order valence-electron chi connectivity index (χ0n) is 9.13. The summed E-state index contributed by atoms with van der Waals surface area (Å²) >= 11 is 4.00. The maximum Gasteiger partial charge on any atom is 0.120 e. The van der Waals surface area contributed by atoms with Crippen LogP contribution in [0.4, 0.5) is 5.69 Å². The first kappa shape index (κ1) is 13.2. The number of rotatable bonds is 5. The molecule has 0 aliphatic heterocycles. The molecule has 0 aliphatic rings. The van der Waals surface area contributed by atoms with Crippen molar-refractivity contribution in [2.45, 2.75) is 18.6 Å². The summed E-state index contributed by atoms with van der Waals surface area (Å²) in [5.41, 5.74) is 6.68. The Balaban J connectivity index is 2.87. The molecule has 0 spiro atoms. The third-order valence-corrected chi connectivity index (χ3v) is 2.66. The Bertz CT molecular complexity index is 346. The van der Waals surface area contributed by atoms with E-state index in [0.717, 1.165) is 0 Å². The fourth-order valence-electron chi connectivity index (χ4n) is 1.45. The highest BCUT2D eigenvalue weighted by molar-refractivity contribution is 7.80. The van der Waals surface area contributed by atoms with Gasteiger partial charge in [-0.25, -0.2) is 0 Å². The topological polar surface area (TPSA) is 75.7 Å². The maximum atomic E-state index is 9.86. The van der Waals surface area contributed by atoms with Gasteiger partial charge in [0.15, 0.2) is 0 Å². The highest BCUT2D eigenvalue weighted by atomic mass is 32.1. The molecule has 1 rings (SSSR count). The van der Waals surface area contributed by atoms with Crippen molar-refractivity contribution in [3.8, 4) is 5.75 Å². The summed E-state index contributed by atoms with van der Waals surface area (Å²) in [5, 5.41) is 19.5. The minimum Gasteiger partial charge on any atom is -0.497 e. The Hall–Kier alpha value is -0.910. The van der Waals surface area contributed by atoms with E-state index >= 15 is 0 Å². The molecular formula is C11H17NO3S. The van der Waals surface area contributed by atoms with E-state index in [1.807, 2.05) is 0 Å². The lowest BCUT2D eigenvalue weighted by molar-refractivity contribution is 0.0176. The average Bonchev–Trinajstić information content (AvgIpc) is 2.28. The predicted molar refractivity (Wildman–Crippen MR) is 66.8 cm³/mol. The van der Waals surface area contributed by atoms with Crippen LogP contribution in [0, 0.1) is 0 Å². The van der Waals surface area contributed by atoms with E-state index in [-0.39, 0.29) is 0 Å². The first-order chi connectivity index (χ1) is 7.60. The van der Waals surface area contributed by atoms with Crippen molar-refractivity contribution in [1.29, 1.82) is 0 Å². The van der Waals surface area contributed by atoms with Crippen LogP contribution < -0.4 is 10.5 Å². The van der Waals surface area contributed by atoms with Crippen molar-refractivity contribution in [2.75, 3.05) is 18.6 Å². The Morgan fingerprint density at radius 2 is 2.12 bits per heavy atom. The molecule has 90 valence electrons. The van der Waals surface area contributed by atoms with E-state index in [4.69, 9.17) is 10.5 Å². The number of nitrogen functional groups attached to an aromatic ring is 1. The second-order valence-electron chi connectivity index (χ2n) is 3.52. The molecule has 0 saturated heterocycles. The van der Waals surface area contributed by atoms with Crippen molar-refractivity contribution in [3.05, 3.63) is 23.8 Å². The van der Waals surface area contributed by atoms with Crippen molar-refractivity contribution in [1.82, 2.24) is 0 Å².